The fraction of sp³-hybridized carbons (Fsp3) is 1.00. The molecule has 0 atom stereocenters. The molecule has 0 saturated carbocycles. The summed E-state index contributed by atoms with van der Waals surface area (Å²) in [5.41, 5.74) is 0.257. The zero-order valence-electron chi connectivity index (χ0n) is 10.6. The van der Waals surface area contributed by atoms with E-state index < -0.39 is 0 Å². The van der Waals surface area contributed by atoms with Gasteiger partial charge in [-0.25, -0.2) is 0 Å². The van der Waals surface area contributed by atoms with Crippen LogP contribution in [0, 0.1) is 0 Å². The molecule has 0 aromatic carbocycles. The third-order valence-corrected chi connectivity index (χ3v) is 2.60. The molecule has 1 aliphatic rings. The minimum Gasteiger partial charge on any atom is -0.378 e. The van der Waals surface area contributed by atoms with E-state index in [-0.39, 0.29) is 5.54 Å². The van der Waals surface area contributed by atoms with Gasteiger partial charge >= 0.3 is 0 Å². The molecule has 0 aliphatic carbocycles. The molecule has 0 bridgehead atoms. The summed E-state index contributed by atoms with van der Waals surface area (Å²) in [6, 6.07) is 0. The van der Waals surface area contributed by atoms with Crippen molar-refractivity contribution in [3.05, 3.63) is 0 Å². The number of rotatable bonds is 3. The van der Waals surface area contributed by atoms with Crippen LogP contribution in [0.3, 0.4) is 0 Å². The van der Waals surface area contributed by atoms with Crippen LogP contribution >= 0.6 is 0 Å². The van der Waals surface area contributed by atoms with E-state index in [2.05, 4.69) is 25.7 Å². The molecule has 0 radical (unpaired) electrons. The van der Waals surface area contributed by atoms with Crippen molar-refractivity contribution < 1.29 is 4.74 Å². The Kier molecular flexibility index (Phi) is 7.20. The van der Waals surface area contributed by atoms with Gasteiger partial charge in [0.1, 0.15) is 0 Å². The monoisotopic (exact) mass is 201 g/mol. The van der Waals surface area contributed by atoms with Crippen molar-refractivity contribution >= 4 is 0 Å². The van der Waals surface area contributed by atoms with Gasteiger partial charge < -0.3 is 4.74 Å². The minimum atomic E-state index is 0.257. The highest BCUT2D eigenvalue weighted by molar-refractivity contribution is 4.83. The van der Waals surface area contributed by atoms with E-state index in [9.17, 15) is 0 Å². The Hall–Kier alpha value is -0.0800. The van der Waals surface area contributed by atoms with Crippen molar-refractivity contribution in [1.82, 2.24) is 4.90 Å². The molecule has 0 spiro atoms. The van der Waals surface area contributed by atoms with Crippen LogP contribution in [-0.2, 0) is 4.74 Å². The Morgan fingerprint density at radius 2 is 1.93 bits per heavy atom. The number of nitrogens with zero attached hydrogens (tertiary/aromatic N) is 1. The van der Waals surface area contributed by atoms with Gasteiger partial charge in [0.05, 0.1) is 13.2 Å². The highest BCUT2D eigenvalue weighted by Crippen LogP contribution is 2.18. The van der Waals surface area contributed by atoms with Gasteiger partial charge in [0.25, 0.3) is 0 Å². The van der Waals surface area contributed by atoms with Crippen molar-refractivity contribution in [1.29, 1.82) is 0 Å². The van der Waals surface area contributed by atoms with Crippen LogP contribution in [0.5, 0.6) is 0 Å². The second kappa shape index (κ2) is 7.24. The highest BCUT2D eigenvalue weighted by atomic mass is 16.5. The molecular formula is C12H27NO. The molecule has 0 amide bonds. The van der Waals surface area contributed by atoms with Gasteiger partial charge in [-0.15, -0.1) is 0 Å². The van der Waals surface area contributed by atoms with E-state index in [0.29, 0.717) is 0 Å². The topological polar surface area (TPSA) is 12.5 Å². The number of unbranched alkanes of at least 4 members (excludes halogenated alkanes) is 1. The first-order chi connectivity index (χ1) is 6.67. The standard InChI is InChI=1S/C10H21NO.C2H6/c1-4-5-6-11-7-8-12-9-10(11,2)3;1-2/h4-9H2,1-3H3;1-2H3. The average molecular weight is 201 g/mol. The highest BCUT2D eigenvalue weighted by Gasteiger charge is 2.29. The Morgan fingerprint density at radius 1 is 1.29 bits per heavy atom. The van der Waals surface area contributed by atoms with E-state index in [1.165, 1.54) is 19.4 Å². The summed E-state index contributed by atoms with van der Waals surface area (Å²) in [5.74, 6) is 0. The Bertz CT molecular complexity index is 134. The molecule has 86 valence electrons. The molecule has 1 rings (SSSR count). The van der Waals surface area contributed by atoms with Crippen LogP contribution in [0.2, 0.25) is 0 Å². The molecule has 0 unspecified atom stereocenters. The molecule has 14 heavy (non-hydrogen) atoms. The lowest BCUT2D eigenvalue weighted by atomic mass is 10.0. The van der Waals surface area contributed by atoms with E-state index in [0.717, 1.165) is 19.8 Å². The molecule has 1 heterocycles. The predicted molar refractivity (Wildman–Crippen MR) is 62.7 cm³/mol. The van der Waals surface area contributed by atoms with E-state index >= 15 is 0 Å². The lowest BCUT2D eigenvalue weighted by Gasteiger charge is -2.42. The minimum absolute atomic E-state index is 0.257. The average Bonchev–Trinajstić information content (AvgIpc) is 2.19. The van der Waals surface area contributed by atoms with Gasteiger partial charge in [-0.05, 0) is 26.8 Å². The molecule has 2 heteroatoms. The third-order valence-electron chi connectivity index (χ3n) is 2.60. The quantitative estimate of drug-likeness (QED) is 0.696. The second-order valence-electron chi connectivity index (χ2n) is 4.21. The van der Waals surface area contributed by atoms with Crippen molar-refractivity contribution in [3.8, 4) is 0 Å². The molecule has 0 aromatic rings. The summed E-state index contributed by atoms with van der Waals surface area (Å²) in [7, 11) is 0. The number of hydrogen-bond donors (Lipinski definition) is 0. The van der Waals surface area contributed by atoms with Gasteiger partial charge in [-0.1, -0.05) is 27.2 Å². The molecule has 1 aliphatic heterocycles. The maximum atomic E-state index is 5.45. The fourth-order valence-corrected chi connectivity index (χ4v) is 1.65. The summed E-state index contributed by atoms with van der Waals surface area (Å²) in [4.78, 5) is 2.54. The van der Waals surface area contributed by atoms with Crippen molar-refractivity contribution in [2.24, 2.45) is 0 Å². The van der Waals surface area contributed by atoms with Crippen molar-refractivity contribution in [3.63, 3.8) is 0 Å². The van der Waals surface area contributed by atoms with Crippen LogP contribution in [0.1, 0.15) is 47.5 Å². The van der Waals surface area contributed by atoms with E-state index in [1.54, 1.807) is 0 Å². The number of hydrogen-bond acceptors (Lipinski definition) is 2. The van der Waals surface area contributed by atoms with Gasteiger partial charge in [-0.3, -0.25) is 4.90 Å². The first kappa shape index (κ1) is 13.9. The lowest BCUT2D eigenvalue weighted by molar-refractivity contribution is -0.0511. The first-order valence-corrected chi connectivity index (χ1v) is 5.99. The van der Waals surface area contributed by atoms with Crippen LogP contribution in [0.4, 0.5) is 0 Å². The Morgan fingerprint density at radius 3 is 2.43 bits per heavy atom. The smallest absolute Gasteiger partial charge is 0.0645 e. The maximum Gasteiger partial charge on any atom is 0.0645 e. The van der Waals surface area contributed by atoms with Crippen LogP contribution in [0.25, 0.3) is 0 Å². The van der Waals surface area contributed by atoms with Crippen molar-refractivity contribution in [2.75, 3.05) is 26.3 Å². The van der Waals surface area contributed by atoms with Crippen molar-refractivity contribution in [2.45, 2.75) is 53.0 Å². The summed E-state index contributed by atoms with van der Waals surface area (Å²) in [6.07, 6.45) is 2.59. The summed E-state index contributed by atoms with van der Waals surface area (Å²) < 4.78 is 5.45. The summed E-state index contributed by atoms with van der Waals surface area (Å²) in [6.45, 7) is 14.9. The molecule has 0 N–H and O–H groups in total. The SMILES string of the molecule is CC.CCCCN1CCOCC1(C)C. The number of morpholine rings is 1. The Labute approximate surface area is 89.6 Å². The van der Waals surface area contributed by atoms with Gasteiger partial charge in [-0.2, -0.15) is 0 Å². The zero-order chi connectivity index (χ0) is 11.0. The zero-order valence-corrected chi connectivity index (χ0v) is 10.6. The van der Waals surface area contributed by atoms with E-state index in [1.807, 2.05) is 13.8 Å². The van der Waals surface area contributed by atoms with Gasteiger partial charge in [0.2, 0.25) is 0 Å². The summed E-state index contributed by atoms with van der Waals surface area (Å²) in [5, 5.41) is 0. The normalized spacial score (nSPS) is 21.2. The number of ether oxygens (including phenoxy) is 1. The largest absolute Gasteiger partial charge is 0.378 e. The second-order valence-corrected chi connectivity index (χ2v) is 4.21. The van der Waals surface area contributed by atoms with E-state index in [4.69, 9.17) is 4.74 Å². The predicted octanol–water partition coefficient (Wildman–Crippen LogP) is 2.92. The van der Waals surface area contributed by atoms with Crippen LogP contribution in [-0.4, -0.2) is 36.7 Å². The molecule has 0 aromatic heterocycles. The van der Waals surface area contributed by atoms with Gasteiger partial charge in [0, 0.05) is 12.1 Å². The van der Waals surface area contributed by atoms with Crippen LogP contribution in [0.15, 0.2) is 0 Å². The molecular weight excluding hydrogens is 174 g/mol. The molecule has 1 saturated heterocycles. The first-order valence-electron chi connectivity index (χ1n) is 5.99. The third kappa shape index (κ3) is 4.43. The van der Waals surface area contributed by atoms with Gasteiger partial charge in [0.15, 0.2) is 0 Å². The summed E-state index contributed by atoms with van der Waals surface area (Å²) >= 11 is 0. The fourth-order valence-electron chi connectivity index (χ4n) is 1.65. The van der Waals surface area contributed by atoms with Crippen LogP contribution < -0.4 is 0 Å². The maximum absolute atomic E-state index is 5.45. The Balaban J connectivity index is 0.000000791. The lowest BCUT2D eigenvalue weighted by Crippen LogP contribution is -2.53. The molecule has 1 fully saturated rings. The molecule has 2 nitrogen and oxygen atoms in total.